The monoisotopic (exact) mass is 289 g/mol. The summed E-state index contributed by atoms with van der Waals surface area (Å²) < 4.78 is 33.0. The Morgan fingerprint density at radius 3 is 1.39 bits per heavy atom. The summed E-state index contributed by atoms with van der Waals surface area (Å²) >= 11 is 0. The second-order valence-electron chi connectivity index (χ2n) is 3.41. The van der Waals surface area contributed by atoms with Crippen molar-refractivity contribution in [2.45, 2.75) is 0 Å². The van der Waals surface area contributed by atoms with E-state index in [-0.39, 0.29) is 51.4 Å². The molecule has 0 heterocycles. The molecule has 0 aliphatic carbocycles. The number of nitrogens with zero attached hydrogens (tertiary/aromatic N) is 1. The predicted molar refractivity (Wildman–Crippen MR) is 73.7 cm³/mol. The summed E-state index contributed by atoms with van der Waals surface area (Å²) in [6.07, 6.45) is 0. The number of anilines is 2. The molecule has 0 aliphatic heterocycles. The standard InChI is InChI=1S/C12H11NO3S.K.H/c14-17(15,16)13(11-7-3-1-4-8-11)12-9-5-2-6-10-12;;/h1-10H,(H,14,15,16);;. The van der Waals surface area contributed by atoms with Crippen molar-refractivity contribution in [3.8, 4) is 0 Å². The van der Waals surface area contributed by atoms with E-state index < -0.39 is 10.3 Å². The molecule has 0 spiro atoms. The normalized spacial score (nSPS) is 10.5. The Hall–Kier alpha value is -0.214. The van der Waals surface area contributed by atoms with Crippen molar-refractivity contribution in [3.05, 3.63) is 60.7 Å². The van der Waals surface area contributed by atoms with Gasteiger partial charge >= 0.3 is 61.7 Å². The molecule has 4 nitrogen and oxygen atoms in total. The Morgan fingerprint density at radius 1 is 0.778 bits per heavy atom. The minimum absolute atomic E-state index is 0. The summed E-state index contributed by atoms with van der Waals surface area (Å²) in [5.41, 5.74) is 0.780. The van der Waals surface area contributed by atoms with E-state index in [1.807, 2.05) is 0 Å². The predicted octanol–water partition coefficient (Wildman–Crippen LogP) is 1.98. The fourth-order valence-corrected chi connectivity index (χ4v) is 2.32. The van der Waals surface area contributed by atoms with E-state index in [1.165, 1.54) is 0 Å². The summed E-state index contributed by atoms with van der Waals surface area (Å²) in [5.74, 6) is 0. The molecule has 0 unspecified atom stereocenters. The van der Waals surface area contributed by atoms with Gasteiger partial charge in [0, 0.05) is 0 Å². The van der Waals surface area contributed by atoms with Crippen LogP contribution in [-0.4, -0.2) is 64.4 Å². The molecule has 0 aliphatic rings. The number of hydrogen-bond donors (Lipinski definition) is 1. The van der Waals surface area contributed by atoms with Crippen LogP contribution in [0.15, 0.2) is 60.7 Å². The van der Waals surface area contributed by atoms with Crippen molar-refractivity contribution < 1.29 is 13.0 Å². The van der Waals surface area contributed by atoms with E-state index in [0.717, 1.165) is 4.31 Å². The van der Waals surface area contributed by atoms with Crippen LogP contribution in [-0.2, 0) is 10.3 Å². The maximum absolute atomic E-state index is 11.4. The van der Waals surface area contributed by atoms with Gasteiger partial charge in [0.05, 0.1) is 11.4 Å². The van der Waals surface area contributed by atoms with Crippen LogP contribution in [0.1, 0.15) is 0 Å². The molecule has 6 heteroatoms. The summed E-state index contributed by atoms with van der Waals surface area (Å²) in [6, 6.07) is 16.8. The third-order valence-corrected chi connectivity index (χ3v) is 3.10. The van der Waals surface area contributed by atoms with Gasteiger partial charge in [0.25, 0.3) is 0 Å². The first-order chi connectivity index (χ1) is 8.09. The van der Waals surface area contributed by atoms with Crippen molar-refractivity contribution in [3.63, 3.8) is 0 Å². The van der Waals surface area contributed by atoms with Crippen molar-refractivity contribution in [1.82, 2.24) is 0 Å². The Morgan fingerprint density at radius 2 is 1.11 bits per heavy atom. The molecule has 0 saturated heterocycles. The van der Waals surface area contributed by atoms with E-state index in [9.17, 15) is 13.0 Å². The number of rotatable bonds is 3. The summed E-state index contributed by atoms with van der Waals surface area (Å²) in [5, 5.41) is 0. The first-order valence-corrected chi connectivity index (χ1v) is 6.36. The second kappa shape index (κ2) is 6.81. The Bertz CT molecular complexity index is 548. The van der Waals surface area contributed by atoms with Gasteiger partial charge in [-0.15, -0.1) is 0 Å². The third-order valence-electron chi connectivity index (χ3n) is 2.21. The Kier molecular flexibility index (Phi) is 5.99. The molecule has 0 atom stereocenters. The van der Waals surface area contributed by atoms with Gasteiger partial charge in [0.1, 0.15) is 0 Å². The molecule has 0 radical (unpaired) electrons. The Labute approximate surface area is 149 Å². The van der Waals surface area contributed by atoms with E-state index in [1.54, 1.807) is 60.7 Å². The van der Waals surface area contributed by atoms with Gasteiger partial charge in [-0.3, -0.25) is 4.55 Å². The quantitative estimate of drug-likeness (QED) is 0.694. The molecule has 90 valence electrons. The van der Waals surface area contributed by atoms with Crippen molar-refractivity contribution >= 4 is 73.1 Å². The van der Waals surface area contributed by atoms with Gasteiger partial charge in [0.15, 0.2) is 0 Å². The summed E-state index contributed by atoms with van der Waals surface area (Å²) in [7, 11) is -4.34. The first kappa shape index (κ1) is 15.8. The molecule has 0 aromatic heterocycles. The van der Waals surface area contributed by atoms with Gasteiger partial charge in [-0.25, -0.2) is 4.31 Å². The van der Waals surface area contributed by atoms with Crippen LogP contribution in [0.2, 0.25) is 0 Å². The third kappa shape index (κ3) is 3.89. The number of para-hydroxylation sites is 2. The van der Waals surface area contributed by atoms with Gasteiger partial charge in [0.2, 0.25) is 0 Å². The molecule has 0 fully saturated rings. The average Bonchev–Trinajstić information content (AvgIpc) is 2.30. The molecular formula is C12H12KNO3S. The summed E-state index contributed by atoms with van der Waals surface area (Å²) in [4.78, 5) is 0. The second-order valence-corrected chi connectivity index (χ2v) is 4.67. The van der Waals surface area contributed by atoms with Crippen LogP contribution in [0.3, 0.4) is 0 Å². The number of hydrogen-bond acceptors (Lipinski definition) is 2. The molecule has 1 N–H and O–H groups in total. The van der Waals surface area contributed by atoms with Crippen LogP contribution >= 0.6 is 0 Å². The maximum atomic E-state index is 11.4. The zero-order valence-electron chi connectivity index (χ0n) is 8.89. The molecule has 0 saturated carbocycles. The Balaban J connectivity index is 0.00000162. The fraction of sp³-hybridized carbons (Fsp3) is 0. The molecule has 18 heavy (non-hydrogen) atoms. The van der Waals surface area contributed by atoms with Gasteiger partial charge in [-0.2, -0.15) is 8.42 Å². The van der Waals surface area contributed by atoms with Crippen LogP contribution in [0, 0.1) is 0 Å². The fourth-order valence-electron chi connectivity index (χ4n) is 1.54. The minimum atomic E-state index is -4.34. The molecule has 2 aromatic carbocycles. The molecular weight excluding hydrogens is 277 g/mol. The summed E-state index contributed by atoms with van der Waals surface area (Å²) in [6.45, 7) is 0. The van der Waals surface area contributed by atoms with Gasteiger partial charge < -0.3 is 0 Å². The van der Waals surface area contributed by atoms with Crippen LogP contribution < -0.4 is 4.31 Å². The van der Waals surface area contributed by atoms with Crippen molar-refractivity contribution in [1.29, 1.82) is 0 Å². The van der Waals surface area contributed by atoms with Crippen molar-refractivity contribution in [2.75, 3.05) is 4.31 Å². The average molecular weight is 289 g/mol. The zero-order chi connectivity index (χ0) is 12.3. The van der Waals surface area contributed by atoms with Crippen molar-refractivity contribution in [2.24, 2.45) is 0 Å². The van der Waals surface area contributed by atoms with Gasteiger partial charge in [-0.1, -0.05) is 36.4 Å². The van der Waals surface area contributed by atoms with Gasteiger partial charge in [-0.05, 0) is 24.3 Å². The van der Waals surface area contributed by atoms with E-state index in [0.29, 0.717) is 11.4 Å². The first-order valence-electron chi connectivity index (χ1n) is 4.97. The van der Waals surface area contributed by atoms with Crippen LogP contribution in [0.4, 0.5) is 11.4 Å². The van der Waals surface area contributed by atoms with E-state index in [2.05, 4.69) is 0 Å². The van der Waals surface area contributed by atoms with Crippen LogP contribution in [0.5, 0.6) is 0 Å². The topological polar surface area (TPSA) is 57.6 Å². The molecule has 0 bridgehead atoms. The molecule has 2 aromatic rings. The van der Waals surface area contributed by atoms with E-state index >= 15 is 0 Å². The molecule has 2 rings (SSSR count). The number of benzene rings is 2. The van der Waals surface area contributed by atoms with E-state index in [4.69, 9.17) is 0 Å². The molecule has 0 amide bonds. The van der Waals surface area contributed by atoms with Crippen LogP contribution in [0.25, 0.3) is 0 Å². The zero-order valence-corrected chi connectivity index (χ0v) is 9.71. The SMILES string of the molecule is O=S(=O)(O)N(c1ccccc1)c1ccccc1.[KH].